The van der Waals surface area contributed by atoms with E-state index in [0.717, 1.165) is 32.4 Å². The molecule has 0 spiro atoms. The van der Waals surface area contributed by atoms with Crippen LogP contribution in [0.5, 0.6) is 0 Å². The molecule has 1 aromatic rings. The Balaban J connectivity index is 1.59. The van der Waals surface area contributed by atoms with Gasteiger partial charge in [0, 0.05) is 39.1 Å². The van der Waals surface area contributed by atoms with Crippen molar-refractivity contribution in [2.45, 2.75) is 44.4 Å². The minimum Gasteiger partial charge on any atom is -0.389 e. The van der Waals surface area contributed by atoms with Crippen LogP contribution in [0.15, 0.2) is 18.5 Å². The van der Waals surface area contributed by atoms with Gasteiger partial charge in [0.25, 0.3) is 5.91 Å². The lowest BCUT2D eigenvalue weighted by Gasteiger charge is -2.45. The second-order valence-corrected chi connectivity index (χ2v) is 6.74. The fraction of sp³-hybridized carbons (Fsp3) is 0.647. The standard InChI is InChI=1S/C17H25N5O3/c1-12(23)21-7-9-22(10-8-21)15-4-2-3-14(16(15)24)20-17(25)13-5-6-18-19-11-13/h5-6,11,14-16,24H,2-4,7-10H2,1H3,(H,20,25)/t14-,15-,16-/m1/s1. The molecule has 0 unspecified atom stereocenters. The van der Waals surface area contributed by atoms with Crippen LogP contribution >= 0.6 is 0 Å². The summed E-state index contributed by atoms with van der Waals surface area (Å²) in [6.45, 7) is 4.49. The molecule has 2 fully saturated rings. The van der Waals surface area contributed by atoms with E-state index < -0.39 is 6.10 Å². The Hall–Kier alpha value is -2.06. The highest BCUT2D eigenvalue weighted by molar-refractivity contribution is 5.93. The Morgan fingerprint density at radius 2 is 1.96 bits per heavy atom. The molecule has 0 aromatic carbocycles. The van der Waals surface area contributed by atoms with E-state index in [-0.39, 0.29) is 23.9 Å². The van der Waals surface area contributed by atoms with E-state index >= 15 is 0 Å². The monoisotopic (exact) mass is 347 g/mol. The van der Waals surface area contributed by atoms with E-state index in [1.54, 1.807) is 13.0 Å². The number of rotatable bonds is 3. The topological polar surface area (TPSA) is 98.7 Å². The second kappa shape index (κ2) is 7.88. The average molecular weight is 347 g/mol. The Kier molecular flexibility index (Phi) is 5.60. The molecule has 0 radical (unpaired) electrons. The first-order chi connectivity index (χ1) is 12.1. The average Bonchev–Trinajstić information content (AvgIpc) is 2.64. The van der Waals surface area contributed by atoms with Crippen LogP contribution in [0.25, 0.3) is 0 Å². The third kappa shape index (κ3) is 4.13. The number of aromatic nitrogens is 2. The maximum absolute atomic E-state index is 12.3. The summed E-state index contributed by atoms with van der Waals surface area (Å²) in [5.74, 6) is -0.138. The van der Waals surface area contributed by atoms with Gasteiger partial charge in [-0.3, -0.25) is 14.5 Å². The SMILES string of the molecule is CC(=O)N1CCN([C@@H]2CCC[C@@H](NC(=O)c3ccnnc3)[C@H]2O)CC1. The summed E-state index contributed by atoms with van der Waals surface area (Å²) in [6, 6.07) is 1.35. The third-order valence-corrected chi connectivity index (χ3v) is 5.21. The summed E-state index contributed by atoms with van der Waals surface area (Å²) >= 11 is 0. The largest absolute Gasteiger partial charge is 0.389 e. The van der Waals surface area contributed by atoms with Crippen molar-refractivity contribution in [2.75, 3.05) is 26.2 Å². The number of hydrogen-bond donors (Lipinski definition) is 2. The van der Waals surface area contributed by atoms with E-state index in [2.05, 4.69) is 20.4 Å². The first-order valence-corrected chi connectivity index (χ1v) is 8.81. The zero-order valence-corrected chi connectivity index (χ0v) is 14.5. The summed E-state index contributed by atoms with van der Waals surface area (Å²) in [6.07, 6.45) is 4.90. The second-order valence-electron chi connectivity index (χ2n) is 6.74. The van der Waals surface area contributed by atoms with E-state index in [1.165, 1.54) is 12.4 Å². The van der Waals surface area contributed by atoms with Crippen molar-refractivity contribution in [3.05, 3.63) is 24.0 Å². The molecule has 2 heterocycles. The van der Waals surface area contributed by atoms with Gasteiger partial charge in [-0.1, -0.05) is 0 Å². The molecule has 2 aliphatic rings. The first kappa shape index (κ1) is 17.8. The molecule has 136 valence electrons. The van der Waals surface area contributed by atoms with E-state index in [0.29, 0.717) is 18.7 Å². The molecule has 1 aliphatic heterocycles. The van der Waals surface area contributed by atoms with Crippen LogP contribution in [0.2, 0.25) is 0 Å². The van der Waals surface area contributed by atoms with E-state index in [1.807, 2.05) is 4.90 Å². The molecule has 25 heavy (non-hydrogen) atoms. The molecule has 1 saturated carbocycles. The number of aliphatic hydroxyl groups is 1. The van der Waals surface area contributed by atoms with Crippen molar-refractivity contribution in [1.82, 2.24) is 25.3 Å². The van der Waals surface area contributed by atoms with Gasteiger partial charge >= 0.3 is 0 Å². The number of hydrogen-bond acceptors (Lipinski definition) is 6. The molecule has 2 amide bonds. The van der Waals surface area contributed by atoms with Gasteiger partial charge in [-0.25, -0.2) is 0 Å². The lowest BCUT2D eigenvalue weighted by molar-refractivity contribution is -0.131. The highest BCUT2D eigenvalue weighted by atomic mass is 16.3. The minimum atomic E-state index is -0.614. The molecule has 0 bridgehead atoms. The van der Waals surface area contributed by atoms with Crippen molar-refractivity contribution < 1.29 is 14.7 Å². The number of carbonyl (C=O) groups is 2. The van der Waals surface area contributed by atoms with Crippen LogP contribution in [-0.4, -0.2) is 81.3 Å². The number of amides is 2. The van der Waals surface area contributed by atoms with Gasteiger partial charge in [-0.2, -0.15) is 10.2 Å². The van der Waals surface area contributed by atoms with Gasteiger partial charge in [0.2, 0.25) is 5.91 Å². The molecule has 3 atom stereocenters. The fourth-order valence-electron chi connectivity index (χ4n) is 3.76. The van der Waals surface area contributed by atoms with Gasteiger partial charge in [-0.05, 0) is 25.3 Å². The highest BCUT2D eigenvalue weighted by Gasteiger charge is 2.37. The quantitative estimate of drug-likeness (QED) is 0.776. The lowest BCUT2D eigenvalue weighted by Crippen LogP contribution is -2.60. The van der Waals surface area contributed by atoms with Gasteiger partial charge < -0.3 is 15.3 Å². The van der Waals surface area contributed by atoms with Crippen LogP contribution in [0.3, 0.4) is 0 Å². The van der Waals surface area contributed by atoms with Crippen molar-refractivity contribution in [2.24, 2.45) is 0 Å². The Morgan fingerprint density at radius 1 is 1.20 bits per heavy atom. The smallest absolute Gasteiger partial charge is 0.253 e. The number of nitrogens with zero attached hydrogens (tertiary/aromatic N) is 4. The summed E-state index contributed by atoms with van der Waals surface area (Å²) in [5.41, 5.74) is 0.444. The zero-order chi connectivity index (χ0) is 17.8. The molecule has 1 aliphatic carbocycles. The van der Waals surface area contributed by atoms with Crippen molar-refractivity contribution in [3.63, 3.8) is 0 Å². The van der Waals surface area contributed by atoms with Crippen LogP contribution in [0.1, 0.15) is 36.5 Å². The predicted octanol–water partition coefficient (Wildman–Crippen LogP) is -0.347. The van der Waals surface area contributed by atoms with Crippen LogP contribution in [0.4, 0.5) is 0 Å². The van der Waals surface area contributed by atoms with Crippen molar-refractivity contribution >= 4 is 11.8 Å². The Labute approximate surface area is 147 Å². The minimum absolute atomic E-state index is 0.0173. The summed E-state index contributed by atoms with van der Waals surface area (Å²) in [4.78, 5) is 27.8. The molecule has 3 rings (SSSR count). The predicted molar refractivity (Wildman–Crippen MR) is 90.8 cm³/mol. The van der Waals surface area contributed by atoms with Crippen molar-refractivity contribution in [1.29, 1.82) is 0 Å². The van der Waals surface area contributed by atoms with Crippen LogP contribution in [-0.2, 0) is 4.79 Å². The molecule has 1 saturated heterocycles. The molecule has 1 aromatic heterocycles. The number of aliphatic hydroxyl groups excluding tert-OH is 1. The third-order valence-electron chi connectivity index (χ3n) is 5.21. The molecule has 2 N–H and O–H groups in total. The molecule has 8 nitrogen and oxygen atoms in total. The summed E-state index contributed by atoms with van der Waals surface area (Å²) in [7, 11) is 0. The summed E-state index contributed by atoms with van der Waals surface area (Å²) < 4.78 is 0. The van der Waals surface area contributed by atoms with Gasteiger partial charge in [0.1, 0.15) is 0 Å². The normalized spacial score (nSPS) is 27.8. The Bertz CT molecular complexity index is 604. The molecular formula is C17H25N5O3. The van der Waals surface area contributed by atoms with Crippen LogP contribution < -0.4 is 5.32 Å². The number of carbonyl (C=O) groups excluding carboxylic acids is 2. The molecular weight excluding hydrogens is 322 g/mol. The van der Waals surface area contributed by atoms with E-state index in [9.17, 15) is 14.7 Å². The van der Waals surface area contributed by atoms with Crippen molar-refractivity contribution in [3.8, 4) is 0 Å². The van der Waals surface area contributed by atoms with Crippen LogP contribution in [0, 0.1) is 0 Å². The fourth-order valence-corrected chi connectivity index (χ4v) is 3.76. The maximum Gasteiger partial charge on any atom is 0.253 e. The first-order valence-electron chi connectivity index (χ1n) is 8.81. The number of nitrogens with one attached hydrogen (secondary N) is 1. The molecule has 8 heteroatoms. The summed E-state index contributed by atoms with van der Waals surface area (Å²) in [5, 5.41) is 21.1. The Morgan fingerprint density at radius 3 is 2.60 bits per heavy atom. The zero-order valence-electron chi connectivity index (χ0n) is 14.5. The maximum atomic E-state index is 12.3. The number of piperazine rings is 1. The van der Waals surface area contributed by atoms with Gasteiger partial charge in [0.05, 0.1) is 30.1 Å². The lowest BCUT2D eigenvalue weighted by atomic mass is 9.86. The van der Waals surface area contributed by atoms with Gasteiger partial charge in [0.15, 0.2) is 0 Å². The highest BCUT2D eigenvalue weighted by Crippen LogP contribution is 2.25. The van der Waals surface area contributed by atoms with E-state index in [4.69, 9.17) is 0 Å². The van der Waals surface area contributed by atoms with Gasteiger partial charge in [-0.15, -0.1) is 0 Å².